The number of nitrogens with zero attached hydrogens (tertiary/aromatic N) is 4. The quantitative estimate of drug-likeness (QED) is 0.187. The van der Waals surface area contributed by atoms with Gasteiger partial charge in [0.25, 0.3) is 0 Å². The summed E-state index contributed by atoms with van der Waals surface area (Å²) in [7, 11) is 0. The van der Waals surface area contributed by atoms with Gasteiger partial charge in [-0.2, -0.15) is 5.26 Å². The van der Waals surface area contributed by atoms with E-state index in [1.54, 1.807) is 0 Å². The smallest absolute Gasteiger partial charge is 0.164 e. The van der Waals surface area contributed by atoms with Crippen molar-refractivity contribution < 1.29 is 0 Å². The molecule has 0 aliphatic heterocycles. The Morgan fingerprint density at radius 1 is 0.354 bits per heavy atom. The van der Waals surface area contributed by atoms with Crippen molar-refractivity contribution in [2.24, 2.45) is 0 Å². The molecule has 8 aromatic rings. The van der Waals surface area contributed by atoms with Crippen LogP contribution in [0.15, 0.2) is 170 Å². The Morgan fingerprint density at radius 2 is 0.792 bits per heavy atom. The normalized spacial score (nSPS) is 10.9. The lowest BCUT2D eigenvalue weighted by molar-refractivity contribution is 1.07. The molecule has 0 saturated carbocycles. The molecule has 4 heteroatoms. The second-order valence-electron chi connectivity index (χ2n) is 11.6. The summed E-state index contributed by atoms with van der Waals surface area (Å²) in [5, 5.41) is 11.5. The van der Waals surface area contributed by atoms with E-state index >= 15 is 0 Å². The lowest BCUT2D eigenvalue weighted by atomic mass is 9.94. The highest BCUT2D eigenvalue weighted by molar-refractivity contribution is 5.99. The molecular weight excluding hydrogens is 585 g/mol. The van der Waals surface area contributed by atoms with E-state index in [0.29, 0.717) is 23.0 Å². The van der Waals surface area contributed by atoms with E-state index < -0.39 is 0 Å². The van der Waals surface area contributed by atoms with Gasteiger partial charge in [0.1, 0.15) is 0 Å². The first-order chi connectivity index (χ1) is 23.7. The maximum absolute atomic E-state index is 9.10. The molecule has 0 atom stereocenters. The molecule has 4 nitrogen and oxygen atoms in total. The van der Waals surface area contributed by atoms with Crippen LogP contribution in [-0.2, 0) is 0 Å². The van der Waals surface area contributed by atoms with Gasteiger partial charge in [-0.25, -0.2) is 15.0 Å². The van der Waals surface area contributed by atoms with Crippen LogP contribution in [0.3, 0.4) is 0 Å². The summed E-state index contributed by atoms with van der Waals surface area (Å²) in [4.78, 5) is 14.6. The Balaban J connectivity index is 1.10. The molecule has 0 spiro atoms. The minimum absolute atomic E-state index is 0.641. The van der Waals surface area contributed by atoms with E-state index in [1.165, 1.54) is 21.9 Å². The molecule has 48 heavy (non-hydrogen) atoms. The van der Waals surface area contributed by atoms with Gasteiger partial charge in [-0.05, 0) is 62.4 Å². The third-order valence-corrected chi connectivity index (χ3v) is 8.60. The van der Waals surface area contributed by atoms with E-state index in [2.05, 4.69) is 91.0 Å². The molecule has 0 unspecified atom stereocenters. The Labute approximate surface area is 279 Å². The standard InChI is InChI=1S/C44H28N4/c45-29-30-14-16-31(17-15-30)32-18-20-33(21-19-32)38-26-27-41-39(28-38)12-7-13-40(41)34-22-24-37(25-23-34)44-47-42(35-8-3-1-4-9-35)46-43(48-44)36-10-5-2-6-11-36/h1-28H. The molecule has 0 bridgehead atoms. The van der Waals surface area contributed by atoms with Crippen molar-refractivity contribution in [2.75, 3.05) is 0 Å². The lowest BCUT2D eigenvalue weighted by Crippen LogP contribution is -2.00. The van der Waals surface area contributed by atoms with Gasteiger partial charge in [-0.1, -0.05) is 152 Å². The summed E-state index contributed by atoms with van der Waals surface area (Å²) in [5.74, 6) is 1.94. The van der Waals surface area contributed by atoms with Crippen LogP contribution >= 0.6 is 0 Å². The SMILES string of the molecule is N#Cc1ccc(-c2ccc(-c3ccc4c(-c5ccc(-c6nc(-c7ccccc7)nc(-c7ccccc7)n6)cc5)cccc4c3)cc2)cc1. The van der Waals surface area contributed by atoms with Crippen LogP contribution in [-0.4, -0.2) is 15.0 Å². The second-order valence-corrected chi connectivity index (χ2v) is 11.6. The van der Waals surface area contributed by atoms with Gasteiger partial charge in [-0.15, -0.1) is 0 Å². The van der Waals surface area contributed by atoms with Crippen LogP contribution in [0.4, 0.5) is 0 Å². The highest BCUT2D eigenvalue weighted by atomic mass is 15.0. The number of fused-ring (bicyclic) bond motifs is 1. The summed E-state index contributed by atoms with van der Waals surface area (Å²) < 4.78 is 0. The van der Waals surface area contributed by atoms with Gasteiger partial charge >= 0.3 is 0 Å². The minimum Gasteiger partial charge on any atom is -0.208 e. The monoisotopic (exact) mass is 612 g/mol. The molecular formula is C44H28N4. The molecule has 0 aliphatic rings. The third-order valence-electron chi connectivity index (χ3n) is 8.60. The van der Waals surface area contributed by atoms with Crippen molar-refractivity contribution in [3.05, 3.63) is 175 Å². The first kappa shape index (κ1) is 28.8. The van der Waals surface area contributed by atoms with Crippen LogP contribution in [0, 0.1) is 11.3 Å². The number of hydrogen-bond donors (Lipinski definition) is 0. The van der Waals surface area contributed by atoms with Crippen molar-refractivity contribution in [1.29, 1.82) is 5.26 Å². The third kappa shape index (κ3) is 5.73. The van der Waals surface area contributed by atoms with Crippen molar-refractivity contribution >= 4 is 10.8 Å². The molecule has 224 valence electrons. The van der Waals surface area contributed by atoms with Crippen molar-refractivity contribution in [2.45, 2.75) is 0 Å². The van der Waals surface area contributed by atoms with Gasteiger partial charge in [0.05, 0.1) is 11.6 Å². The Kier molecular flexibility index (Phi) is 7.54. The molecule has 0 N–H and O–H groups in total. The zero-order chi connectivity index (χ0) is 32.3. The van der Waals surface area contributed by atoms with Crippen molar-refractivity contribution in [3.8, 4) is 73.6 Å². The zero-order valence-corrected chi connectivity index (χ0v) is 26.0. The number of hydrogen-bond acceptors (Lipinski definition) is 4. The van der Waals surface area contributed by atoms with E-state index in [9.17, 15) is 0 Å². The largest absolute Gasteiger partial charge is 0.208 e. The maximum atomic E-state index is 9.10. The second kappa shape index (κ2) is 12.6. The fourth-order valence-electron chi connectivity index (χ4n) is 6.04. The Morgan fingerprint density at radius 3 is 1.33 bits per heavy atom. The van der Waals surface area contributed by atoms with E-state index in [0.717, 1.165) is 38.9 Å². The number of aromatic nitrogens is 3. The van der Waals surface area contributed by atoms with Crippen molar-refractivity contribution in [1.82, 2.24) is 15.0 Å². The van der Waals surface area contributed by atoms with Crippen LogP contribution in [0.5, 0.6) is 0 Å². The lowest BCUT2D eigenvalue weighted by Gasteiger charge is -2.11. The van der Waals surface area contributed by atoms with Crippen molar-refractivity contribution in [3.63, 3.8) is 0 Å². The molecule has 0 aliphatic carbocycles. The molecule has 1 heterocycles. The maximum Gasteiger partial charge on any atom is 0.164 e. The first-order valence-electron chi connectivity index (χ1n) is 15.8. The van der Waals surface area contributed by atoms with E-state index in [1.807, 2.05) is 84.9 Å². The zero-order valence-electron chi connectivity index (χ0n) is 26.0. The van der Waals surface area contributed by atoms with Gasteiger partial charge in [0.2, 0.25) is 0 Å². The van der Waals surface area contributed by atoms with Gasteiger partial charge < -0.3 is 0 Å². The summed E-state index contributed by atoms with van der Waals surface area (Å²) in [5.41, 5.74) is 10.3. The Hall–Kier alpha value is -6.70. The molecule has 0 amide bonds. The Bertz CT molecular complexity index is 2350. The molecule has 0 radical (unpaired) electrons. The summed E-state index contributed by atoms with van der Waals surface area (Å²) >= 11 is 0. The number of nitriles is 1. The predicted molar refractivity (Wildman–Crippen MR) is 195 cm³/mol. The molecule has 0 saturated heterocycles. The average molecular weight is 613 g/mol. The number of rotatable bonds is 6. The molecule has 8 rings (SSSR count). The van der Waals surface area contributed by atoms with Gasteiger partial charge in [-0.3, -0.25) is 0 Å². The van der Waals surface area contributed by atoms with E-state index in [4.69, 9.17) is 20.2 Å². The van der Waals surface area contributed by atoms with E-state index in [-0.39, 0.29) is 0 Å². The molecule has 0 fully saturated rings. The van der Waals surface area contributed by atoms with Crippen LogP contribution in [0.2, 0.25) is 0 Å². The predicted octanol–water partition coefficient (Wildman–Crippen LogP) is 10.9. The highest BCUT2D eigenvalue weighted by Crippen LogP contribution is 2.34. The van der Waals surface area contributed by atoms with Crippen LogP contribution in [0.1, 0.15) is 5.56 Å². The fourth-order valence-corrected chi connectivity index (χ4v) is 6.04. The topological polar surface area (TPSA) is 62.5 Å². The minimum atomic E-state index is 0.641. The number of benzene rings is 7. The van der Waals surface area contributed by atoms with Gasteiger partial charge in [0, 0.05) is 16.7 Å². The molecule has 1 aromatic heterocycles. The summed E-state index contributed by atoms with van der Waals surface area (Å²) in [6.45, 7) is 0. The van der Waals surface area contributed by atoms with Crippen LogP contribution < -0.4 is 0 Å². The highest BCUT2D eigenvalue weighted by Gasteiger charge is 2.13. The molecule has 7 aromatic carbocycles. The summed E-state index contributed by atoms with van der Waals surface area (Å²) in [6.07, 6.45) is 0. The summed E-state index contributed by atoms with van der Waals surface area (Å²) in [6, 6.07) is 60.1. The van der Waals surface area contributed by atoms with Gasteiger partial charge in [0.15, 0.2) is 17.5 Å². The van der Waals surface area contributed by atoms with Crippen LogP contribution in [0.25, 0.3) is 78.3 Å². The average Bonchev–Trinajstić information content (AvgIpc) is 3.18. The fraction of sp³-hybridized carbons (Fsp3) is 0. The first-order valence-corrected chi connectivity index (χ1v) is 15.8.